The average Bonchev–Trinajstić information content (AvgIpc) is 2.75. The van der Waals surface area contributed by atoms with Crippen LogP contribution < -0.4 is 10.5 Å². The summed E-state index contributed by atoms with van der Waals surface area (Å²) < 4.78 is 8.58. The van der Waals surface area contributed by atoms with Crippen molar-refractivity contribution >= 4 is 15.9 Å². The number of benzene rings is 1. The third-order valence-electron chi connectivity index (χ3n) is 2.71. The predicted octanol–water partition coefficient (Wildman–Crippen LogP) is 2.65. The Morgan fingerprint density at radius 1 is 1.42 bits per heavy atom. The molecule has 2 aromatic rings. The molecule has 0 saturated carbocycles. The van der Waals surface area contributed by atoms with Gasteiger partial charge in [-0.1, -0.05) is 15.9 Å². The van der Waals surface area contributed by atoms with Gasteiger partial charge in [0.25, 0.3) is 0 Å². The van der Waals surface area contributed by atoms with Gasteiger partial charge in [0, 0.05) is 23.8 Å². The van der Waals surface area contributed by atoms with Crippen molar-refractivity contribution in [2.75, 3.05) is 0 Å². The maximum absolute atomic E-state index is 5.84. The molecule has 19 heavy (non-hydrogen) atoms. The molecule has 0 spiro atoms. The number of hydrogen-bond donors (Lipinski definition) is 1. The van der Waals surface area contributed by atoms with Gasteiger partial charge in [-0.2, -0.15) is 5.10 Å². The molecule has 0 fully saturated rings. The molecule has 0 amide bonds. The second-order valence-corrected chi connectivity index (χ2v) is 5.56. The second-order valence-electron chi connectivity index (χ2n) is 4.70. The first kappa shape index (κ1) is 14.1. The summed E-state index contributed by atoms with van der Waals surface area (Å²) in [5.41, 5.74) is 7.91. The van der Waals surface area contributed by atoms with Crippen molar-refractivity contribution in [2.24, 2.45) is 12.8 Å². The Balaban J connectivity index is 2.04. The molecule has 1 aromatic heterocycles. The third-order valence-corrected chi connectivity index (χ3v) is 3.49. The first-order chi connectivity index (χ1) is 9.04. The second kappa shape index (κ2) is 6.21. The summed E-state index contributed by atoms with van der Waals surface area (Å²) in [5, 5.41) is 4.28. The lowest BCUT2D eigenvalue weighted by Gasteiger charge is -2.10. The van der Waals surface area contributed by atoms with Crippen LogP contribution in [0.5, 0.6) is 5.75 Å². The van der Waals surface area contributed by atoms with Gasteiger partial charge in [-0.05, 0) is 43.2 Å². The van der Waals surface area contributed by atoms with E-state index in [0.717, 1.165) is 27.9 Å². The molecular formula is C14H18BrN3O. The van der Waals surface area contributed by atoms with Crippen LogP contribution in [0.3, 0.4) is 0 Å². The van der Waals surface area contributed by atoms with Crippen LogP contribution in [0.15, 0.2) is 34.9 Å². The number of aryl methyl sites for hydroxylation is 1. The smallest absolute Gasteiger partial charge is 0.132 e. The molecule has 0 aliphatic rings. The standard InChI is InChI=1S/C14H18BrN3O/c1-10(16)7-11-8-13(3-4-14(11)15)19-9-12-5-6-18(2)17-12/h3-6,8,10H,7,9,16H2,1-2H3. The number of nitrogens with zero attached hydrogens (tertiary/aromatic N) is 2. The summed E-state index contributed by atoms with van der Waals surface area (Å²) in [4.78, 5) is 0. The Kier molecular flexibility index (Phi) is 4.61. The minimum absolute atomic E-state index is 0.127. The Morgan fingerprint density at radius 2 is 2.21 bits per heavy atom. The molecule has 0 bridgehead atoms. The lowest BCUT2D eigenvalue weighted by atomic mass is 10.1. The van der Waals surface area contributed by atoms with E-state index in [1.54, 1.807) is 4.68 Å². The first-order valence-electron chi connectivity index (χ1n) is 6.20. The third kappa shape index (κ3) is 4.08. The molecule has 102 valence electrons. The summed E-state index contributed by atoms with van der Waals surface area (Å²) >= 11 is 3.53. The number of ether oxygens (including phenoxy) is 1. The van der Waals surface area contributed by atoms with Crippen molar-refractivity contribution in [3.05, 3.63) is 46.2 Å². The minimum Gasteiger partial charge on any atom is -0.487 e. The quantitative estimate of drug-likeness (QED) is 0.920. The molecule has 5 heteroatoms. The van der Waals surface area contributed by atoms with E-state index in [-0.39, 0.29) is 6.04 Å². The van der Waals surface area contributed by atoms with E-state index in [1.165, 1.54) is 0 Å². The van der Waals surface area contributed by atoms with Crippen LogP contribution in [-0.4, -0.2) is 15.8 Å². The van der Waals surface area contributed by atoms with Crippen LogP contribution >= 0.6 is 15.9 Å². The zero-order valence-corrected chi connectivity index (χ0v) is 12.7. The number of rotatable bonds is 5. The molecule has 0 radical (unpaired) electrons. The average molecular weight is 324 g/mol. The van der Waals surface area contributed by atoms with Gasteiger partial charge in [0.2, 0.25) is 0 Å². The summed E-state index contributed by atoms with van der Waals surface area (Å²) in [6, 6.07) is 8.03. The van der Waals surface area contributed by atoms with Gasteiger partial charge in [0.15, 0.2) is 0 Å². The highest BCUT2D eigenvalue weighted by atomic mass is 79.9. The molecule has 2 N–H and O–H groups in total. The van der Waals surface area contributed by atoms with Crippen molar-refractivity contribution in [1.29, 1.82) is 0 Å². The largest absolute Gasteiger partial charge is 0.487 e. The van der Waals surface area contributed by atoms with Crippen molar-refractivity contribution in [1.82, 2.24) is 9.78 Å². The molecular weight excluding hydrogens is 306 g/mol. The summed E-state index contributed by atoms with van der Waals surface area (Å²) in [6.45, 7) is 2.47. The number of nitrogens with two attached hydrogens (primary N) is 1. The zero-order chi connectivity index (χ0) is 13.8. The Morgan fingerprint density at radius 3 is 2.84 bits per heavy atom. The van der Waals surface area contributed by atoms with Gasteiger partial charge in [0.05, 0.1) is 5.69 Å². The summed E-state index contributed by atoms with van der Waals surface area (Å²) in [5.74, 6) is 0.838. The van der Waals surface area contributed by atoms with Crippen molar-refractivity contribution in [2.45, 2.75) is 26.0 Å². The highest BCUT2D eigenvalue weighted by Crippen LogP contribution is 2.24. The topological polar surface area (TPSA) is 53.1 Å². The van der Waals surface area contributed by atoms with Gasteiger partial charge < -0.3 is 10.5 Å². The van der Waals surface area contributed by atoms with Gasteiger partial charge in [-0.25, -0.2) is 0 Å². The Hall–Kier alpha value is -1.33. The summed E-state index contributed by atoms with van der Waals surface area (Å²) in [7, 11) is 1.89. The maximum Gasteiger partial charge on any atom is 0.132 e. The predicted molar refractivity (Wildman–Crippen MR) is 79.0 cm³/mol. The van der Waals surface area contributed by atoms with Gasteiger partial charge in [0.1, 0.15) is 12.4 Å². The fourth-order valence-electron chi connectivity index (χ4n) is 1.84. The van der Waals surface area contributed by atoms with Crippen LogP contribution in [0, 0.1) is 0 Å². The molecule has 1 unspecified atom stereocenters. The number of aromatic nitrogens is 2. The lowest BCUT2D eigenvalue weighted by molar-refractivity contribution is 0.299. The monoisotopic (exact) mass is 323 g/mol. The SMILES string of the molecule is CC(N)Cc1cc(OCc2ccn(C)n2)ccc1Br. The number of hydrogen-bond acceptors (Lipinski definition) is 3. The van der Waals surface area contributed by atoms with E-state index in [1.807, 2.05) is 44.4 Å². The fraction of sp³-hybridized carbons (Fsp3) is 0.357. The minimum atomic E-state index is 0.127. The zero-order valence-electron chi connectivity index (χ0n) is 11.1. The van der Waals surface area contributed by atoms with Crippen LogP contribution in [0.4, 0.5) is 0 Å². The molecule has 1 aromatic carbocycles. The van der Waals surface area contributed by atoms with Crippen molar-refractivity contribution in [3.63, 3.8) is 0 Å². The Bertz CT molecular complexity index is 551. The first-order valence-corrected chi connectivity index (χ1v) is 6.99. The summed E-state index contributed by atoms with van der Waals surface area (Å²) in [6.07, 6.45) is 2.73. The van der Waals surface area contributed by atoms with E-state index in [0.29, 0.717) is 6.61 Å². The van der Waals surface area contributed by atoms with Crippen LogP contribution in [0.1, 0.15) is 18.2 Å². The molecule has 1 atom stereocenters. The van der Waals surface area contributed by atoms with Gasteiger partial charge in [-0.3, -0.25) is 4.68 Å². The van der Waals surface area contributed by atoms with E-state index in [4.69, 9.17) is 10.5 Å². The number of halogens is 1. The van der Waals surface area contributed by atoms with Gasteiger partial charge in [-0.15, -0.1) is 0 Å². The van der Waals surface area contributed by atoms with E-state index >= 15 is 0 Å². The molecule has 4 nitrogen and oxygen atoms in total. The molecule has 0 aliphatic carbocycles. The maximum atomic E-state index is 5.84. The van der Waals surface area contributed by atoms with Gasteiger partial charge >= 0.3 is 0 Å². The van der Waals surface area contributed by atoms with Crippen LogP contribution in [-0.2, 0) is 20.1 Å². The molecule has 1 heterocycles. The van der Waals surface area contributed by atoms with Crippen molar-refractivity contribution < 1.29 is 4.74 Å². The van der Waals surface area contributed by atoms with Crippen LogP contribution in [0.25, 0.3) is 0 Å². The van der Waals surface area contributed by atoms with E-state index in [2.05, 4.69) is 21.0 Å². The molecule has 0 saturated heterocycles. The van der Waals surface area contributed by atoms with E-state index in [9.17, 15) is 0 Å². The van der Waals surface area contributed by atoms with Crippen molar-refractivity contribution in [3.8, 4) is 5.75 Å². The highest BCUT2D eigenvalue weighted by Gasteiger charge is 2.06. The fourth-order valence-corrected chi connectivity index (χ4v) is 2.25. The lowest BCUT2D eigenvalue weighted by Crippen LogP contribution is -2.18. The highest BCUT2D eigenvalue weighted by molar-refractivity contribution is 9.10. The Labute approximate surface area is 121 Å². The van der Waals surface area contributed by atoms with Crippen LogP contribution in [0.2, 0.25) is 0 Å². The molecule has 2 rings (SSSR count). The normalized spacial score (nSPS) is 12.4. The van der Waals surface area contributed by atoms with E-state index < -0.39 is 0 Å². The molecule has 0 aliphatic heterocycles.